The standard InChI is InChI=1S/C20H27N3OS/c1-7-12(2)17-10-8-9-11-18(17)23-19(24)16(6)25-20-21-14(4)13(3)15(5)22-20/h8-12,16H,7H2,1-6H3,(H,23,24)/t12-,16+/m1/s1. The quantitative estimate of drug-likeness (QED) is 0.581. The van der Waals surface area contributed by atoms with Gasteiger partial charge in [0.15, 0.2) is 5.16 Å². The number of anilines is 1. The Balaban J connectivity index is 2.11. The number of carbonyl (C=O) groups is 1. The Bertz CT molecular complexity index is 737. The van der Waals surface area contributed by atoms with Gasteiger partial charge in [-0.05, 0) is 57.2 Å². The molecule has 134 valence electrons. The van der Waals surface area contributed by atoms with Crippen molar-refractivity contribution >= 4 is 23.4 Å². The highest BCUT2D eigenvalue weighted by Gasteiger charge is 2.19. The van der Waals surface area contributed by atoms with Crippen LogP contribution in [-0.4, -0.2) is 21.1 Å². The maximum Gasteiger partial charge on any atom is 0.237 e. The zero-order valence-electron chi connectivity index (χ0n) is 15.9. The van der Waals surface area contributed by atoms with E-state index in [2.05, 4.69) is 35.2 Å². The van der Waals surface area contributed by atoms with Gasteiger partial charge in [-0.3, -0.25) is 4.79 Å². The molecule has 1 N–H and O–H groups in total. The predicted octanol–water partition coefficient (Wildman–Crippen LogP) is 5.03. The lowest BCUT2D eigenvalue weighted by atomic mass is 9.97. The molecule has 0 bridgehead atoms. The van der Waals surface area contributed by atoms with Gasteiger partial charge in [-0.25, -0.2) is 9.97 Å². The van der Waals surface area contributed by atoms with Crippen molar-refractivity contribution in [2.75, 3.05) is 5.32 Å². The molecule has 0 aliphatic heterocycles. The van der Waals surface area contributed by atoms with E-state index in [0.717, 1.165) is 29.1 Å². The third-order valence-electron chi connectivity index (χ3n) is 4.63. The molecular weight excluding hydrogens is 330 g/mol. The van der Waals surface area contributed by atoms with E-state index in [4.69, 9.17) is 0 Å². The molecule has 5 heteroatoms. The van der Waals surface area contributed by atoms with Crippen LogP contribution in [0.2, 0.25) is 0 Å². The molecule has 2 aromatic rings. The molecule has 0 saturated carbocycles. The minimum atomic E-state index is -0.272. The van der Waals surface area contributed by atoms with Crippen molar-refractivity contribution in [3.63, 3.8) is 0 Å². The van der Waals surface area contributed by atoms with Crippen LogP contribution in [0, 0.1) is 20.8 Å². The molecule has 1 amide bonds. The summed E-state index contributed by atoms with van der Waals surface area (Å²) in [6.07, 6.45) is 1.03. The number of carbonyl (C=O) groups excluding carboxylic acids is 1. The number of hydrogen-bond donors (Lipinski definition) is 1. The summed E-state index contributed by atoms with van der Waals surface area (Å²) in [4.78, 5) is 21.6. The fourth-order valence-electron chi connectivity index (χ4n) is 2.50. The van der Waals surface area contributed by atoms with Crippen molar-refractivity contribution in [1.82, 2.24) is 9.97 Å². The van der Waals surface area contributed by atoms with E-state index in [0.29, 0.717) is 11.1 Å². The average Bonchev–Trinajstić information content (AvgIpc) is 2.59. The number of benzene rings is 1. The smallest absolute Gasteiger partial charge is 0.237 e. The Morgan fingerprint density at radius 1 is 1.12 bits per heavy atom. The average molecular weight is 358 g/mol. The van der Waals surface area contributed by atoms with Crippen LogP contribution in [-0.2, 0) is 4.79 Å². The lowest BCUT2D eigenvalue weighted by molar-refractivity contribution is -0.115. The first-order valence-electron chi connectivity index (χ1n) is 8.71. The largest absolute Gasteiger partial charge is 0.325 e. The van der Waals surface area contributed by atoms with Gasteiger partial charge in [0.1, 0.15) is 0 Å². The summed E-state index contributed by atoms with van der Waals surface area (Å²) in [6, 6.07) is 8.01. The second kappa shape index (κ2) is 8.48. The number of thioether (sulfide) groups is 1. The summed E-state index contributed by atoms with van der Waals surface area (Å²) in [5.74, 6) is 0.380. The molecule has 0 saturated heterocycles. The summed E-state index contributed by atoms with van der Waals surface area (Å²) in [5.41, 5.74) is 5.10. The van der Waals surface area contributed by atoms with E-state index in [9.17, 15) is 4.79 Å². The second-order valence-corrected chi connectivity index (χ2v) is 7.76. The SMILES string of the molecule is CC[C@@H](C)c1ccccc1NC(=O)[C@H](C)Sc1nc(C)c(C)c(C)n1. The van der Waals surface area contributed by atoms with Crippen LogP contribution in [0.15, 0.2) is 29.4 Å². The maximum atomic E-state index is 12.6. The highest BCUT2D eigenvalue weighted by molar-refractivity contribution is 8.00. The topological polar surface area (TPSA) is 54.9 Å². The van der Waals surface area contributed by atoms with E-state index in [1.165, 1.54) is 17.3 Å². The van der Waals surface area contributed by atoms with Crippen LogP contribution >= 0.6 is 11.8 Å². The third-order valence-corrected chi connectivity index (χ3v) is 5.59. The summed E-state index contributed by atoms with van der Waals surface area (Å²) in [5, 5.41) is 3.45. The minimum Gasteiger partial charge on any atom is -0.325 e. The normalized spacial score (nSPS) is 13.4. The molecular formula is C20H27N3OS. The van der Waals surface area contributed by atoms with E-state index in [1.807, 2.05) is 45.9 Å². The summed E-state index contributed by atoms with van der Waals surface area (Å²) in [6.45, 7) is 12.2. The van der Waals surface area contributed by atoms with E-state index in [1.54, 1.807) is 0 Å². The molecule has 1 heterocycles. The van der Waals surface area contributed by atoms with Gasteiger partial charge in [0.25, 0.3) is 0 Å². The second-order valence-electron chi connectivity index (χ2n) is 6.45. The summed E-state index contributed by atoms with van der Waals surface area (Å²) in [7, 11) is 0. The number of rotatable bonds is 6. The highest BCUT2D eigenvalue weighted by atomic mass is 32.2. The molecule has 4 nitrogen and oxygen atoms in total. The molecule has 25 heavy (non-hydrogen) atoms. The third kappa shape index (κ3) is 4.82. The molecule has 0 unspecified atom stereocenters. The highest BCUT2D eigenvalue weighted by Crippen LogP contribution is 2.28. The van der Waals surface area contributed by atoms with Crippen molar-refractivity contribution in [3.05, 3.63) is 46.8 Å². The molecule has 0 aliphatic rings. The summed E-state index contributed by atoms with van der Waals surface area (Å²) < 4.78 is 0. The minimum absolute atomic E-state index is 0.0276. The maximum absolute atomic E-state index is 12.6. The summed E-state index contributed by atoms with van der Waals surface area (Å²) >= 11 is 1.39. The molecule has 0 spiro atoms. The van der Waals surface area contributed by atoms with Crippen LogP contribution in [0.1, 0.15) is 55.6 Å². The van der Waals surface area contributed by atoms with Crippen LogP contribution in [0.5, 0.6) is 0 Å². The van der Waals surface area contributed by atoms with Gasteiger partial charge >= 0.3 is 0 Å². The molecule has 1 aromatic carbocycles. The van der Waals surface area contributed by atoms with Crippen molar-refractivity contribution in [2.45, 2.75) is 64.3 Å². The van der Waals surface area contributed by atoms with Gasteiger partial charge in [0, 0.05) is 17.1 Å². The molecule has 0 fully saturated rings. The number of para-hydroxylation sites is 1. The van der Waals surface area contributed by atoms with Crippen molar-refractivity contribution in [1.29, 1.82) is 0 Å². The molecule has 0 aliphatic carbocycles. The van der Waals surface area contributed by atoms with Crippen molar-refractivity contribution in [2.24, 2.45) is 0 Å². The first-order chi connectivity index (χ1) is 11.8. The van der Waals surface area contributed by atoms with Crippen LogP contribution in [0.4, 0.5) is 5.69 Å². The predicted molar refractivity (Wildman–Crippen MR) is 105 cm³/mol. The van der Waals surface area contributed by atoms with Gasteiger partial charge in [-0.1, -0.05) is 43.8 Å². The van der Waals surface area contributed by atoms with E-state index >= 15 is 0 Å². The van der Waals surface area contributed by atoms with Gasteiger partial charge in [-0.2, -0.15) is 0 Å². The molecule has 2 atom stereocenters. The monoisotopic (exact) mass is 357 g/mol. The van der Waals surface area contributed by atoms with E-state index in [-0.39, 0.29) is 11.2 Å². The fourth-order valence-corrected chi connectivity index (χ4v) is 3.36. The number of amides is 1. The fraction of sp³-hybridized carbons (Fsp3) is 0.450. The lowest BCUT2D eigenvalue weighted by Gasteiger charge is -2.17. The zero-order valence-corrected chi connectivity index (χ0v) is 16.7. The Labute approximate surface area is 154 Å². The molecule has 1 aromatic heterocycles. The Kier molecular flexibility index (Phi) is 6.59. The van der Waals surface area contributed by atoms with Gasteiger partial charge in [-0.15, -0.1) is 0 Å². The van der Waals surface area contributed by atoms with E-state index < -0.39 is 0 Å². The van der Waals surface area contributed by atoms with Gasteiger partial charge in [0.05, 0.1) is 5.25 Å². The van der Waals surface area contributed by atoms with Crippen molar-refractivity contribution in [3.8, 4) is 0 Å². The number of aromatic nitrogens is 2. The zero-order chi connectivity index (χ0) is 18.6. The molecule has 0 radical (unpaired) electrons. The molecule has 2 rings (SSSR count). The number of nitrogens with zero attached hydrogens (tertiary/aromatic N) is 2. The van der Waals surface area contributed by atoms with Crippen LogP contribution in [0.3, 0.4) is 0 Å². The van der Waals surface area contributed by atoms with Gasteiger partial charge in [0.2, 0.25) is 5.91 Å². The van der Waals surface area contributed by atoms with Crippen molar-refractivity contribution < 1.29 is 4.79 Å². The Hall–Kier alpha value is -1.88. The lowest BCUT2D eigenvalue weighted by Crippen LogP contribution is -2.23. The first kappa shape index (κ1) is 19.4. The van der Waals surface area contributed by atoms with Crippen LogP contribution in [0.25, 0.3) is 0 Å². The Morgan fingerprint density at radius 2 is 1.72 bits per heavy atom. The Morgan fingerprint density at radius 3 is 2.32 bits per heavy atom. The van der Waals surface area contributed by atoms with Crippen LogP contribution < -0.4 is 5.32 Å². The number of nitrogens with one attached hydrogen (secondary N) is 1. The number of aryl methyl sites for hydroxylation is 2. The number of hydrogen-bond acceptors (Lipinski definition) is 4. The first-order valence-corrected chi connectivity index (χ1v) is 9.59. The van der Waals surface area contributed by atoms with Gasteiger partial charge < -0.3 is 5.32 Å².